The normalized spacial score (nSPS) is 26.2. The molecule has 0 saturated carbocycles. The van der Waals surface area contributed by atoms with Crippen LogP contribution in [0.15, 0.2) is 24.3 Å². The van der Waals surface area contributed by atoms with Crippen molar-refractivity contribution in [2.24, 2.45) is 0 Å². The minimum absolute atomic E-state index is 0.132. The van der Waals surface area contributed by atoms with Crippen molar-refractivity contribution in [3.8, 4) is 0 Å². The maximum Gasteiger partial charge on any atom is 0.282 e. The maximum atomic E-state index is 11.2. The Balaban J connectivity index is 2.56. The molecule has 1 aliphatic rings. The summed E-state index contributed by atoms with van der Waals surface area (Å²) < 4.78 is 0. The van der Waals surface area contributed by atoms with E-state index in [4.69, 9.17) is 5.21 Å². The van der Waals surface area contributed by atoms with Gasteiger partial charge in [-0.2, -0.15) is 5.06 Å². The van der Waals surface area contributed by atoms with Gasteiger partial charge in [0, 0.05) is 5.56 Å². The molecule has 0 bridgehead atoms. The Labute approximate surface area is 79.8 Å². The van der Waals surface area contributed by atoms with Gasteiger partial charge in [0.05, 0.1) is 0 Å². The number of nitrogens with zero attached hydrogens (tertiary/aromatic N) is 1. The number of hydroxylamine groups is 2. The van der Waals surface area contributed by atoms with E-state index < -0.39 is 18.2 Å². The van der Waals surface area contributed by atoms with Gasteiger partial charge in [0.25, 0.3) is 5.91 Å². The third-order valence-electron chi connectivity index (χ3n) is 2.26. The van der Waals surface area contributed by atoms with Crippen LogP contribution in [0.3, 0.4) is 0 Å². The van der Waals surface area contributed by atoms with Crippen molar-refractivity contribution in [2.75, 3.05) is 0 Å². The van der Waals surface area contributed by atoms with Crippen LogP contribution in [-0.4, -0.2) is 26.4 Å². The average Bonchev–Trinajstić information content (AvgIpc) is 2.23. The van der Waals surface area contributed by atoms with Gasteiger partial charge in [-0.25, -0.2) is 0 Å². The van der Waals surface area contributed by atoms with E-state index in [2.05, 4.69) is 0 Å². The van der Waals surface area contributed by atoms with Crippen LogP contribution in [0.1, 0.15) is 23.5 Å². The molecule has 1 aromatic rings. The number of fused-ring (bicyclic) bond motifs is 1. The fraction of sp³-hybridized carbons (Fsp3) is 0.222. The van der Waals surface area contributed by atoms with Crippen LogP contribution >= 0.6 is 0 Å². The van der Waals surface area contributed by atoms with Crippen LogP contribution in [0.5, 0.6) is 0 Å². The Morgan fingerprint density at radius 2 is 1.71 bits per heavy atom. The quantitative estimate of drug-likeness (QED) is 0.507. The van der Waals surface area contributed by atoms with E-state index >= 15 is 0 Å². The number of benzene rings is 1. The first-order chi connectivity index (χ1) is 6.63. The second kappa shape index (κ2) is 3.06. The second-order valence-electron chi connectivity index (χ2n) is 3.09. The van der Waals surface area contributed by atoms with Crippen LogP contribution in [0.4, 0.5) is 0 Å². The summed E-state index contributed by atoms with van der Waals surface area (Å²) in [6, 6.07) is 6.38. The minimum atomic E-state index is -1.40. The zero-order valence-electron chi connectivity index (χ0n) is 7.16. The van der Waals surface area contributed by atoms with Gasteiger partial charge >= 0.3 is 0 Å². The third-order valence-corrected chi connectivity index (χ3v) is 2.26. The number of carbonyl (C=O) groups is 1. The van der Waals surface area contributed by atoms with Gasteiger partial charge in [-0.05, 0) is 5.56 Å². The van der Waals surface area contributed by atoms with Crippen LogP contribution in [-0.2, 0) is 4.79 Å². The first-order valence-corrected chi connectivity index (χ1v) is 4.10. The van der Waals surface area contributed by atoms with Crippen molar-refractivity contribution in [3.63, 3.8) is 0 Å². The lowest BCUT2D eigenvalue weighted by Gasteiger charge is -2.31. The lowest BCUT2D eigenvalue weighted by molar-refractivity contribution is -0.221. The summed E-state index contributed by atoms with van der Waals surface area (Å²) in [5, 5.41) is 28.2. The number of hydrogen-bond donors (Lipinski definition) is 3. The molecule has 2 unspecified atom stereocenters. The van der Waals surface area contributed by atoms with Gasteiger partial charge in [0.1, 0.15) is 0 Å². The van der Waals surface area contributed by atoms with E-state index in [1.54, 1.807) is 18.2 Å². The maximum absolute atomic E-state index is 11.2. The molecule has 2 rings (SSSR count). The largest absolute Gasteiger partial charge is 0.378 e. The lowest BCUT2D eigenvalue weighted by atomic mass is 9.97. The summed E-state index contributed by atoms with van der Waals surface area (Å²) in [5.41, 5.74) is 0.664. The van der Waals surface area contributed by atoms with Crippen molar-refractivity contribution in [1.82, 2.24) is 5.06 Å². The fourth-order valence-corrected chi connectivity index (χ4v) is 1.51. The summed E-state index contributed by atoms with van der Waals surface area (Å²) in [5.74, 6) is -0.920. The molecule has 0 spiro atoms. The molecule has 0 saturated heterocycles. The van der Waals surface area contributed by atoms with Crippen molar-refractivity contribution in [1.29, 1.82) is 0 Å². The topological polar surface area (TPSA) is 81.0 Å². The summed E-state index contributed by atoms with van der Waals surface area (Å²) in [7, 11) is 0. The molecule has 0 fully saturated rings. The number of carbonyl (C=O) groups excluding carboxylic acids is 1. The van der Waals surface area contributed by atoms with Gasteiger partial charge in [0.2, 0.25) is 0 Å². The van der Waals surface area contributed by atoms with E-state index in [9.17, 15) is 15.0 Å². The first-order valence-electron chi connectivity index (χ1n) is 4.10. The van der Waals surface area contributed by atoms with Crippen molar-refractivity contribution < 1.29 is 20.2 Å². The molecule has 1 amide bonds. The Kier molecular flexibility index (Phi) is 1.99. The standard InChI is InChI=1S/C9H9NO4/c11-7-5-3-1-2-4-6(5)8(12)10(14)9(7)13/h1-4,7-8,11-12,14H. The summed E-state index contributed by atoms with van der Waals surface area (Å²) >= 11 is 0. The molecule has 0 aromatic heterocycles. The van der Waals surface area contributed by atoms with Crippen LogP contribution < -0.4 is 0 Å². The number of aliphatic hydroxyl groups is 2. The summed E-state index contributed by atoms with van der Waals surface area (Å²) in [6.07, 6.45) is -2.80. The fourth-order valence-electron chi connectivity index (χ4n) is 1.51. The molecule has 5 heteroatoms. The Hall–Kier alpha value is -1.43. The SMILES string of the molecule is O=C1C(O)c2ccccc2C(O)N1O. The number of hydrogen-bond acceptors (Lipinski definition) is 4. The highest BCUT2D eigenvalue weighted by atomic mass is 16.6. The molecule has 0 radical (unpaired) electrons. The highest BCUT2D eigenvalue weighted by Crippen LogP contribution is 2.32. The highest BCUT2D eigenvalue weighted by Gasteiger charge is 2.36. The average molecular weight is 195 g/mol. The third kappa shape index (κ3) is 1.11. The van der Waals surface area contributed by atoms with E-state index in [-0.39, 0.29) is 5.06 Å². The van der Waals surface area contributed by atoms with Crippen LogP contribution in [0.2, 0.25) is 0 Å². The highest BCUT2D eigenvalue weighted by molar-refractivity contribution is 5.83. The Morgan fingerprint density at radius 3 is 2.36 bits per heavy atom. The molecule has 74 valence electrons. The van der Waals surface area contributed by atoms with E-state index in [1.165, 1.54) is 6.07 Å². The van der Waals surface area contributed by atoms with E-state index in [0.29, 0.717) is 11.1 Å². The predicted molar refractivity (Wildman–Crippen MR) is 45.0 cm³/mol. The molecule has 5 nitrogen and oxygen atoms in total. The van der Waals surface area contributed by atoms with E-state index in [0.717, 1.165) is 0 Å². The number of aliphatic hydroxyl groups excluding tert-OH is 2. The minimum Gasteiger partial charge on any atom is -0.378 e. The van der Waals surface area contributed by atoms with Crippen molar-refractivity contribution >= 4 is 5.91 Å². The molecular weight excluding hydrogens is 186 g/mol. The Morgan fingerprint density at radius 1 is 1.14 bits per heavy atom. The van der Waals surface area contributed by atoms with Gasteiger partial charge in [-0.15, -0.1) is 0 Å². The second-order valence-corrected chi connectivity index (χ2v) is 3.09. The first kappa shape index (κ1) is 9.14. The monoisotopic (exact) mass is 195 g/mol. The molecule has 2 atom stereocenters. The van der Waals surface area contributed by atoms with Gasteiger partial charge in [0.15, 0.2) is 12.3 Å². The van der Waals surface area contributed by atoms with Crippen molar-refractivity contribution in [3.05, 3.63) is 35.4 Å². The van der Waals surface area contributed by atoms with Gasteiger partial charge < -0.3 is 10.2 Å². The number of rotatable bonds is 0. The van der Waals surface area contributed by atoms with Crippen LogP contribution in [0.25, 0.3) is 0 Å². The zero-order valence-corrected chi connectivity index (χ0v) is 7.16. The molecule has 1 aliphatic heterocycles. The molecular formula is C9H9NO4. The molecule has 1 heterocycles. The van der Waals surface area contributed by atoms with Gasteiger partial charge in [-0.1, -0.05) is 24.3 Å². The zero-order chi connectivity index (χ0) is 10.3. The molecule has 14 heavy (non-hydrogen) atoms. The molecule has 0 aliphatic carbocycles. The smallest absolute Gasteiger partial charge is 0.282 e. The lowest BCUT2D eigenvalue weighted by Crippen LogP contribution is -2.40. The molecule has 3 N–H and O–H groups in total. The molecule has 1 aromatic carbocycles. The van der Waals surface area contributed by atoms with Gasteiger partial charge in [-0.3, -0.25) is 10.0 Å². The Bertz CT molecular complexity index is 379. The number of amides is 1. The van der Waals surface area contributed by atoms with Crippen LogP contribution in [0, 0.1) is 0 Å². The predicted octanol–water partition coefficient (Wildman–Crippen LogP) is -0.0577. The summed E-state index contributed by atoms with van der Waals surface area (Å²) in [6.45, 7) is 0. The van der Waals surface area contributed by atoms with E-state index in [1.807, 2.05) is 0 Å². The summed E-state index contributed by atoms with van der Waals surface area (Å²) in [4.78, 5) is 11.2. The van der Waals surface area contributed by atoms with Crippen molar-refractivity contribution in [2.45, 2.75) is 12.3 Å².